The molecule has 4 aromatic carbocycles. The summed E-state index contributed by atoms with van der Waals surface area (Å²) in [7, 11) is 0. The van der Waals surface area contributed by atoms with Crippen molar-refractivity contribution in [3.05, 3.63) is 130 Å². The van der Waals surface area contributed by atoms with Crippen molar-refractivity contribution in [2.24, 2.45) is 0 Å². The van der Waals surface area contributed by atoms with Gasteiger partial charge in [-0.3, -0.25) is 0 Å². The van der Waals surface area contributed by atoms with Crippen molar-refractivity contribution in [1.29, 1.82) is 0 Å². The summed E-state index contributed by atoms with van der Waals surface area (Å²) in [5.41, 5.74) is 7.12. The van der Waals surface area contributed by atoms with E-state index in [0.29, 0.717) is 11.1 Å². The molecule has 5 rings (SSSR count). The number of anilines is 4. The summed E-state index contributed by atoms with van der Waals surface area (Å²) in [5, 5.41) is 0.955. The van der Waals surface area contributed by atoms with E-state index in [1.807, 2.05) is 61.5 Å². The van der Waals surface area contributed by atoms with E-state index in [0.717, 1.165) is 52.4 Å². The van der Waals surface area contributed by atoms with E-state index in [4.69, 9.17) is 4.42 Å². The van der Waals surface area contributed by atoms with Crippen LogP contribution in [-0.4, -0.2) is 13.1 Å². The standard InChI is InChI=1S/C34H32N2O2/c1-4-35(5-2)30-21-23-31-25(3)32(34(37)38-33(31)24-30)22-18-26-16-19-29(20-17-26)36(27-12-8-6-9-13-27)28-14-10-7-11-15-28/h6-24H,4-5H2,1-3H3/b22-18+. The Morgan fingerprint density at radius 3 is 1.82 bits per heavy atom. The first-order valence-electron chi connectivity index (χ1n) is 13.1. The zero-order chi connectivity index (χ0) is 26.5. The number of aryl methyl sites for hydroxylation is 1. The van der Waals surface area contributed by atoms with Crippen LogP contribution in [0, 0.1) is 6.92 Å². The monoisotopic (exact) mass is 500 g/mol. The topological polar surface area (TPSA) is 36.7 Å². The molecule has 4 nitrogen and oxygen atoms in total. The molecule has 0 radical (unpaired) electrons. The van der Waals surface area contributed by atoms with Crippen LogP contribution in [0.2, 0.25) is 0 Å². The molecular weight excluding hydrogens is 468 g/mol. The first kappa shape index (κ1) is 25.1. The van der Waals surface area contributed by atoms with E-state index in [9.17, 15) is 4.79 Å². The van der Waals surface area contributed by atoms with Gasteiger partial charge in [0.25, 0.3) is 0 Å². The lowest BCUT2D eigenvalue weighted by Crippen LogP contribution is -2.21. The maximum Gasteiger partial charge on any atom is 0.343 e. The Kier molecular flexibility index (Phi) is 7.41. The molecule has 190 valence electrons. The Morgan fingerprint density at radius 2 is 1.24 bits per heavy atom. The van der Waals surface area contributed by atoms with Gasteiger partial charge >= 0.3 is 5.63 Å². The lowest BCUT2D eigenvalue weighted by Gasteiger charge is -2.25. The van der Waals surface area contributed by atoms with E-state index in [-0.39, 0.29) is 5.63 Å². The van der Waals surface area contributed by atoms with Crippen molar-refractivity contribution in [1.82, 2.24) is 0 Å². The van der Waals surface area contributed by atoms with Crippen LogP contribution in [0.4, 0.5) is 22.7 Å². The van der Waals surface area contributed by atoms with Gasteiger partial charge in [0.05, 0.1) is 5.56 Å². The molecule has 0 aliphatic heterocycles. The van der Waals surface area contributed by atoms with Crippen molar-refractivity contribution in [3.63, 3.8) is 0 Å². The predicted octanol–water partition coefficient (Wildman–Crippen LogP) is 8.59. The van der Waals surface area contributed by atoms with E-state index < -0.39 is 0 Å². The van der Waals surface area contributed by atoms with Crippen molar-refractivity contribution in [3.8, 4) is 0 Å². The molecule has 0 spiro atoms. The van der Waals surface area contributed by atoms with Gasteiger partial charge in [0.2, 0.25) is 0 Å². The Bertz CT molecular complexity index is 1560. The van der Waals surface area contributed by atoms with Gasteiger partial charge in [0, 0.05) is 47.3 Å². The molecule has 0 amide bonds. The van der Waals surface area contributed by atoms with Crippen molar-refractivity contribution in [2.45, 2.75) is 20.8 Å². The third-order valence-corrected chi connectivity index (χ3v) is 6.95. The van der Waals surface area contributed by atoms with Crippen molar-refractivity contribution in [2.75, 3.05) is 22.9 Å². The van der Waals surface area contributed by atoms with Crippen LogP contribution in [0.5, 0.6) is 0 Å². The van der Waals surface area contributed by atoms with Gasteiger partial charge in [0.1, 0.15) is 5.58 Å². The second-order valence-electron chi connectivity index (χ2n) is 9.21. The van der Waals surface area contributed by atoms with Crippen molar-refractivity contribution < 1.29 is 4.42 Å². The molecule has 38 heavy (non-hydrogen) atoms. The second-order valence-corrected chi connectivity index (χ2v) is 9.21. The minimum absolute atomic E-state index is 0.320. The first-order chi connectivity index (χ1) is 18.6. The maximum atomic E-state index is 12.9. The zero-order valence-corrected chi connectivity index (χ0v) is 22.1. The molecule has 0 aliphatic carbocycles. The molecule has 0 saturated heterocycles. The number of fused-ring (bicyclic) bond motifs is 1. The highest BCUT2D eigenvalue weighted by molar-refractivity contribution is 5.87. The van der Waals surface area contributed by atoms with Crippen molar-refractivity contribution >= 4 is 45.9 Å². The lowest BCUT2D eigenvalue weighted by atomic mass is 10.0. The average molecular weight is 501 g/mol. The Labute approximate surface area is 224 Å². The Hall–Kier alpha value is -4.57. The summed E-state index contributed by atoms with van der Waals surface area (Å²) in [6.45, 7) is 8.03. The molecular formula is C34H32N2O2. The summed E-state index contributed by atoms with van der Waals surface area (Å²) < 4.78 is 5.75. The third kappa shape index (κ3) is 5.12. The largest absolute Gasteiger partial charge is 0.422 e. The fourth-order valence-corrected chi connectivity index (χ4v) is 4.85. The van der Waals surface area contributed by atoms with Gasteiger partial charge in [-0.25, -0.2) is 4.79 Å². The number of hydrogen-bond donors (Lipinski definition) is 0. The lowest BCUT2D eigenvalue weighted by molar-refractivity contribution is 0.558. The number of hydrogen-bond acceptors (Lipinski definition) is 4. The molecule has 1 heterocycles. The summed E-state index contributed by atoms with van der Waals surface area (Å²) >= 11 is 0. The number of para-hydroxylation sites is 2. The Balaban J connectivity index is 1.44. The summed E-state index contributed by atoms with van der Waals surface area (Å²) in [5.74, 6) is 0. The summed E-state index contributed by atoms with van der Waals surface area (Å²) in [6, 6.07) is 35.1. The van der Waals surface area contributed by atoms with E-state index in [2.05, 4.69) is 84.3 Å². The van der Waals surface area contributed by atoms with Crippen LogP contribution in [0.3, 0.4) is 0 Å². The Morgan fingerprint density at radius 1 is 0.684 bits per heavy atom. The molecule has 0 bridgehead atoms. The summed E-state index contributed by atoms with van der Waals surface area (Å²) in [4.78, 5) is 17.4. The van der Waals surface area contributed by atoms with Crippen LogP contribution in [0.15, 0.2) is 112 Å². The van der Waals surface area contributed by atoms with Crippen LogP contribution >= 0.6 is 0 Å². The predicted molar refractivity (Wildman–Crippen MR) is 161 cm³/mol. The highest BCUT2D eigenvalue weighted by Gasteiger charge is 2.13. The van der Waals surface area contributed by atoms with Gasteiger partial charge < -0.3 is 14.2 Å². The molecule has 0 atom stereocenters. The van der Waals surface area contributed by atoms with E-state index in [1.54, 1.807) is 0 Å². The SMILES string of the molecule is CCN(CC)c1ccc2c(C)c(/C=C/c3ccc(N(c4ccccc4)c4ccccc4)cc3)c(=O)oc2c1. The molecule has 0 unspecified atom stereocenters. The second kappa shape index (κ2) is 11.2. The average Bonchev–Trinajstić information content (AvgIpc) is 2.95. The highest BCUT2D eigenvalue weighted by atomic mass is 16.4. The van der Waals surface area contributed by atoms with Crippen LogP contribution in [-0.2, 0) is 0 Å². The molecule has 0 fully saturated rings. The quantitative estimate of drug-likeness (QED) is 0.200. The molecule has 4 heteroatoms. The normalized spacial score (nSPS) is 11.2. The van der Waals surface area contributed by atoms with Crippen LogP contribution in [0.25, 0.3) is 23.1 Å². The van der Waals surface area contributed by atoms with E-state index in [1.165, 1.54) is 0 Å². The fraction of sp³-hybridized carbons (Fsp3) is 0.147. The highest BCUT2D eigenvalue weighted by Crippen LogP contribution is 2.34. The number of rotatable bonds is 8. The fourth-order valence-electron chi connectivity index (χ4n) is 4.85. The van der Waals surface area contributed by atoms with Crippen LogP contribution in [0.1, 0.15) is 30.5 Å². The summed E-state index contributed by atoms with van der Waals surface area (Å²) in [6.07, 6.45) is 3.83. The number of benzene rings is 4. The minimum atomic E-state index is -0.320. The number of nitrogens with zero attached hydrogens (tertiary/aromatic N) is 2. The molecule has 0 aliphatic rings. The van der Waals surface area contributed by atoms with Crippen LogP contribution < -0.4 is 15.4 Å². The molecule has 5 aromatic rings. The van der Waals surface area contributed by atoms with Gasteiger partial charge in [-0.1, -0.05) is 54.6 Å². The van der Waals surface area contributed by atoms with Gasteiger partial charge in [-0.05, 0) is 86.5 Å². The molecule has 0 N–H and O–H groups in total. The third-order valence-electron chi connectivity index (χ3n) is 6.95. The minimum Gasteiger partial charge on any atom is -0.422 e. The maximum absolute atomic E-state index is 12.9. The molecule has 0 saturated carbocycles. The van der Waals surface area contributed by atoms with Gasteiger partial charge in [0.15, 0.2) is 0 Å². The van der Waals surface area contributed by atoms with Gasteiger partial charge in [-0.2, -0.15) is 0 Å². The van der Waals surface area contributed by atoms with E-state index >= 15 is 0 Å². The zero-order valence-electron chi connectivity index (χ0n) is 22.1. The molecule has 1 aromatic heterocycles. The smallest absolute Gasteiger partial charge is 0.343 e. The van der Waals surface area contributed by atoms with Gasteiger partial charge in [-0.15, -0.1) is 0 Å². The first-order valence-corrected chi connectivity index (χ1v) is 13.1.